The lowest BCUT2D eigenvalue weighted by Gasteiger charge is -2.18. The molecule has 0 saturated carbocycles. The number of para-hydroxylation sites is 2. The van der Waals surface area contributed by atoms with Gasteiger partial charge in [-0.15, -0.1) is 0 Å². The van der Waals surface area contributed by atoms with Gasteiger partial charge in [0.2, 0.25) is 5.78 Å². The lowest BCUT2D eigenvalue weighted by Crippen LogP contribution is -2.30. The maximum atomic E-state index is 12.5. The Hall–Kier alpha value is -2.35. The van der Waals surface area contributed by atoms with Crippen LogP contribution in [0.3, 0.4) is 0 Å². The zero-order chi connectivity index (χ0) is 16.3. The number of aromatic nitrogens is 2. The molecule has 0 saturated heterocycles. The molecule has 0 aliphatic rings. The van der Waals surface area contributed by atoms with Crippen molar-refractivity contribution in [3.05, 3.63) is 45.8 Å². The number of hydrogen-bond donors (Lipinski definition) is 1. The summed E-state index contributed by atoms with van der Waals surface area (Å²) in [7, 11) is 3.32. The van der Waals surface area contributed by atoms with Gasteiger partial charge in [-0.05, 0) is 6.07 Å². The molecule has 0 aliphatic carbocycles. The Labute approximate surface area is 131 Å². The van der Waals surface area contributed by atoms with Crippen LogP contribution in [0.25, 0.3) is 11.0 Å². The van der Waals surface area contributed by atoms with E-state index >= 15 is 0 Å². The number of carbonyl (C=O) groups is 1. The summed E-state index contributed by atoms with van der Waals surface area (Å²) in [5.74, 6) is -0.278. The first kappa shape index (κ1) is 16.0. The van der Waals surface area contributed by atoms with E-state index in [2.05, 4.69) is 10.3 Å². The minimum Gasteiger partial charge on any atom is -0.805 e. The van der Waals surface area contributed by atoms with E-state index in [1.54, 1.807) is 32.3 Å². The van der Waals surface area contributed by atoms with Crippen molar-refractivity contribution in [2.45, 2.75) is 12.7 Å². The van der Waals surface area contributed by atoms with Crippen LogP contribution in [0.4, 0.5) is 0 Å². The summed E-state index contributed by atoms with van der Waals surface area (Å²) in [4.78, 5) is 28.3. The zero-order valence-electron chi connectivity index (χ0n) is 12.5. The number of benzene rings is 1. The van der Waals surface area contributed by atoms with Gasteiger partial charge in [-0.1, -0.05) is 23.9 Å². The van der Waals surface area contributed by atoms with Crippen LogP contribution in [0.5, 0.6) is 0 Å². The van der Waals surface area contributed by atoms with Crippen LogP contribution in [0.15, 0.2) is 29.3 Å². The van der Waals surface area contributed by atoms with Crippen molar-refractivity contribution in [2.24, 2.45) is 4.99 Å². The molecule has 0 unspecified atom stereocenters. The highest BCUT2D eigenvalue weighted by Crippen LogP contribution is 2.20. The number of nitrogens with one attached hydrogen (secondary N) is 1. The molecule has 1 heterocycles. The summed E-state index contributed by atoms with van der Waals surface area (Å²) in [5, 5.41) is 16.0. The highest BCUT2D eigenvalue weighted by atomic mass is 32.2. The number of ketones is 1. The van der Waals surface area contributed by atoms with Gasteiger partial charge in [-0.3, -0.25) is 9.79 Å². The van der Waals surface area contributed by atoms with E-state index < -0.39 is 5.78 Å². The van der Waals surface area contributed by atoms with E-state index in [1.165, 1.54) is 24.8 Å². The third kappa shape index (κ3) is 2.82. The van der Waals surface area contributed by atoms with Gasteiger partial charge in [-0.25, -0.2) is 0 Å². The van der Waals surface area contributed by atoms with Crippen molar-refractivity contribution in [2.75, 3.05) is 14.1 Å². The molecule has 116 valence electrons. The van der Waals surface area contributed by atoms with E-state index in [0.717, 1.165) is 0 Å². The Kier molecular flexibility index (Phi) is 4.81. The average molecular weight is 320 g/mol. The first-order valence-electron chi connectivity index (χ1n) is 6.56. The number of hydrogen-bond acceptors (Lipinski definition) is 5. The fraction of sp³-hybridized carbons (Fsp3) is 0.286. The van der Waals surface area contributed by atoms with Gasteiger partial charge in [0.25, 0.3) is 5.52 Å². The molecule has 22 heavy (non-hydrogen) atoms. The molecule has 0 spiro atoms. The van der Waals surface area contributed by atoms with Crippen LogP contribution in [0.2, 0.25) is 0 Å². The van der Waals surface area contributed by atoms with Gasteiger partial charge >= 0.3 is 5.69 Å². The van der Waals surface area contributed by atoms with Crippen LogP contribution >= 0.6 is 11.8 Å². The predicted molar refractivity (Wildman–Crippen MR) is 87.8 cm³/mol. The Morgan fingerprint density at radius 1 is 1.45 bits per heavy atom. The highest BCUT2D eigenvalue weighted by Gasteiger charge is 2.26. The summed E-state index contributed by atoms with van der Waals surface area (Å²) in [5.41, 5.74) is 0.405. The Morgan fingerprint density at radius 2 is 2.14 bits per heavy atom. The average Bonchev–Trinajstić information content (AvgIpc) is 2.52. The first-order chi connectivity index (χ1) is 10.5. The van der Waals surface area contributed by atoms with E-state index in [1.807, 2.05) is 0 Å². The lowest BCUT2D eigenvalue weighted by atomic mass is 10.2. The second-order valence-corrected chi connectivity index (χ2v) is 5.46. The molecular weight excluding hydrogens is 304 g/mol. The number of thioether (sulfide) groups is 1. The molecule has 0 fully saturated rings. The van der Waals surface area contributed by atoms with Gasteiger partial charge in [0.1, 0.15) is 11.2 Å². The summed E-state index contributed by atoms with van der Waals surface area (Å²) in [6.45, 7) is 1.28. The number of rotatable bonds is 3. The van der Waals surface area contributed by atoms with Crippen LogP contribution in [-0.2, 0) is 5.75 Å². The van der Waals surface area contributed by atoms with Crippen molar-refractivity contribution in [3.63, 3.8) is 0 Å². The third-order valence-corrected chi connectivity index (χ3v) is 4.21. The predicted octanol–water partition coefficient (Wildman–Crippen LogP) is 1.54. The Balaban J connectivity index is 2.66. The number of Topliss-reactive ketones (excluding diaryl/α,β-unsaturated/α-hetero) is 1. The molecule has 2 rings (SSSR count). The van der Waals surface area contributed by atoms with Crippen molar-refractivity contribution in [1.29, 1.82) is 0 Å². The monoisotopic (exact) mass is 320 g/mol. The molecule has 7 nitrogen and oxygen atoms in total. The summed E-state index contributed by atoms with van der Waals surface area (Å²) < 4.78 is 1.18. The smallest absolute Gasteiger partial charge is 0.325 e. The van der Waals surface area contributed by atoms with Crippen LogP contribution < -0.4 is 9.74 Å². The molecule has 0 aliphatic heterocycles. The molecule has 0 bridgehead atoms. The molecule has 0 radical (unpaired) electrons. The van der Waals surface area contributed by atoms with Crippen molar-refractivity contribution >= 4 is 33.7 Å². The second-order valence-electron chi connectivity index (χ2n) is 4.50. The number of amidine groups is 1. The molecular formula is C14H16N4O3S. The summed E-state index contributed by atoms with van der Waals surface area (Å²) >= 11 is 1.25. The van der Waals surface area contributed by atoms with Crippen molar-refractivity contribution in [3.8, 4) is 0 Å². The number of fused-ring (bicyclic) bond motifs is 1. The normalized spacial score (nSPS) is 11.7. The van der Waals surface area contributed by atoms with Gasteiger partial charge in [-0.2, -0.15) is 0 Å². The molecule has 8 heteroatoms. The maximum absolute atomic E-state index is 12.5. The number of carbonyl (C=O) groups excluding carboxylic acids is 1. The quantitative estimate of drug-likeness (QED) is 0.401. The fourth-order valence-electron chi connectivity index (χ4n) is 2.15. The SMILES string of the molecule is CN=C(NC)SCc1c(C(C)=O)[n+](=O)c2ccccc2n1[O-]. The lowest BCUT2D eigenvalue weighted by molar-refractivity contribution is -0.468. The second kappa shape index (κ2) is 6.61. The van der Waals surface area contributed by atoms with Crippen LogP contribution in [0.1, 0.15) is 23.1 Å². The van der Waals surface area contributed by atoms with E-state index in [0.29, 0.717) is 14.3 Å². The maximum Gasteiger partial charge on any atom is 0.325 e. The van der Waals surface area contributed by atoms with E-state index in [9.17, 15) is 14.9 Å². The molecule has 1 aromatic carbocycles. The molecule has 2 aromatic rings. The molecule has 1 aromatic heterocycles. The first-order valence-corrected chi connectivity index (χ1v) is 7.54. The van der Waals surface area contributed by atoms with Gasteiger partial charge in [0.05, 0.1) is 4.43 Å². The standard InChI is InChI=1S/C14H16N4O3S/c1-9(19)13-12(8-22-14(15-2)16-3)17(20)10-6-4-5-7-11(10)18(13)21/h4-7H,8H2,1-3H3,(H,15,16). The van der Waals surface area contributed by atoms with E-state index in [4.69, 9.17) is 0 Å². The topological polar surface area (TPSA) is 92.4 Å². The van der Waals surface area contributed by atoms with Gasteiger partial charge in [0, 0.05) is 37.7 Å². The minimum absolute atomic E-state index is 0.127. The van der Waals surface area contributed by atoms with Crippen molar-refractivity contribution < 1.29 is 9.22 Å². The van der Waals surface area contributed by atoms with Crippen molar-refractivity contribution in [1.82, 2.24) is 10.0 Å². The Morgan fingerprint density at radius 3 is 2.73 bits per heavy atom. The van der Waals surface area contributed by atoms with Gasteiger partial charge in [0.15, 0.2) is 5.17 Å². The number of aliphatic imine (C=N–C) groups is 1. The number of nitrogens with zero attached hydrogens (tertiary/aromatic N) is 3. The fourth-order valence-corrected chi connectivity index (χ4v) is 2.95. The minimum atomic E-state index is -0.444. The largest absolute Gasteiger partial charge is 0.805 e. The Bertz CT molecular complexity index is 814. The highest BCUT2D eigenvalue weighted by molar-refractivity contribution is 8.13. The molecule has 0 amide bonds. The van der Waals surface area contributed by atoms with Crippen LogP contribution in [-0.4, -0.2) is 29.8 Å². The zero-order valence-corrected chi connectivity index (χ0v) is 13.3. The summed E-state index contributed by atoms with van der Waals surface area (Å²) in [6, 6.07) is 6.40. The molecule has 0 atom stereocenters. The van der Waals surface area contributed by atoms with Crippen LogP contribution in [0, 0.1) is 10.1 Å². The molecule has 1 N–H and O–H groups in total. The third-order valence-electron chi connectivity index (χ3n) is 3.14. The van der Waals surface area contributed by atoms with Gasteiger partial charge < -0.3 is 15.3 Å². The summed E-state index contributed by atoms with van der Waals surface area (Å²) in [6.07, 6.45) is 0. The van der Waals surface area contributed by atoms with E-state index in [-0.39, 0.29) is 28.2 Å².